The van der Waals surface area contributed by atoms with E-state index in [1.807, 2.05) is 7.05 Å². The molecule has 0 unspecified atom stereocenters. The zero-order chi connectivity index (χ0) is 13.8. The second kappa shape index (κ2) is 5.83. The predicted octanol–water partition coefficient (Wildman–Crippen LogP) is 3.75. The Balaban J connectivity index is 2.61. The van der Waals surface area contributed by atoms with Crippen LogP contribution in [-0.2, 0) is 6.42 Å². The molecule has 2 aromatic rings. The molecular weight excluding hydrogens is 234 g/mol. The molecule has 0 saturated heterocycles. The molecule has 1 aromatic heterocycles. The molecule has 3 heteroatoms. The molecule has 0 spiro atoms. The van der Waals surface area contributed by atoms with Gasteiger partial charge in [0.1, 0.15) is 11.6 Å². The van der Waals surface area contributed by atoms with E-state index in [0.29, 0.717) is 0 Å². The molecule has 0 fully saturated rings. The van der Waals surface area contributed by atoms with Crippen LogP contribution in [0.5, 0.6) is 0 Å². The molecule has 19 heavy (non-hydrogen) atoms. The normalized spacial score (nSPS) is 10.5. The highest BCUT2D eigenvalue weighted by atomic mass is 15.0. The average Bonchev–Trinajstić information content (AvgIpc) is 2.42. The van der Waals surface area contributed by atoms with Gasteiger partial charge in [-0.15, -0.1) is 0 Å². The smallest absolute Gasteiger partial charge is 0.132 e. The fraction of sp³-hybridized carbons (Fsp3) is 0.375. The largest absolute Gasteiger partial charge is 0.373 e. The van der Waals surface area contributed by atoms with Crippen LogP contribution in [0.1, 0.15) is 30.3 Å². The quantitative estimate of drug-likeness (QED) is 0.904. The molecule has 0 radical (unpaired) electrons. The zero-order valence-electron chi connectivity index (χ0n) is 12.1. The van der Waals surface area contributed by atoms with Crippen molar-refractivity contribution in [3.63, 3.8) is 0 Å². The lowest BCUT2D eigenvalue weighted by Gasteiger charge is -2.13. The van der Waals surface area contributed by atoms with Crippen LogP contribution in [0.2, 0.25) is 0 Å². The van der Waals surface area contributed by atoms with Crippen molar-refractivity contribution in [2.45, 2.75) is 33.6 Å². The Kier molecular flexibility index (Phi) is 4.15. The van der Waals surface area contributed by atoms with E-state index in [0.717, 1.165) is 35.7 Å². The van der Waals surface area contributed by atoms with Crippen LogP contribution < -0.4 is 5.32 Å². The summed E-state index contributed by atoms with van der Waals surface area (Å²) in [6.45, 7) is 6.34. The highest BCUT2D eigenvalue weighted by molar-refractivity contribution is 5.70. The van der Waals surface area contributed by atoms with Crippen molar-refractivity contribution in [2.75, 3.05) is 12.4 Å². The molecule has 3 nitrogen and oxygen atoms in total. The van der Waals surface area contributed by atoms with Gasteiger partial charge in [-0.1, -0.05) is 31.2 Å². The molecule has 0 atom stereocenters. The number of hydrogen-bond acceptors (Lipinski definition) is 3. The van der Waals surface area contributed by atoms with Crippen LogP contribution in [-0.4, -0.2) is 17.0 Å². The number of anilines is 1. The van der Waals surface area contributed by atoms with Crippen LogP contribution in [0.3, 0.4) is 0 Å². The van der Waals surface area contributed by atoms with Crippen LogP contribution in [0.15, 0.2) is 24.3 Å². The maximum absolute atomic E-state index is 4.75. The second-order valence-corrected chi connectivity index (χ2v) is 4.78. The summed E-state index contributed by atoms with van der Waals surface area (Å²) in [5, 5.41) is 3.17. The number of benzene rings is 1. The van der Waals surface area contributed by atoms with E-state index in [2.05, 4.69) is 55.3 Å². The van der Waals surface area contributed by atoms with Gasteiger partial charge < -0.3 is 5.32 Å². The molecule has 0 aliphatic carbocycles. The number of nitrogens with zero attached hydrogens (tertiary/aromatic N) is 2. The summed E-state index contributed by atoms with van der Waals surface area (Å²) in [5.74, 6) is 1.84. The van der Waals surface area contributed by atoms with Crippen molar-refractivity contribution in [2.24, 2.45) is 0 Å². The van der Waals surface area contributed by atoms with E-state index in [4.69, 9.17) is 4.98 Å². The molecule has 1 aromatic carbocycles. The summed E-state index contributed by atoms with van der Waals surface area (Å²) >= 11 is 0. The molecule has 100 valence electrons. The SMILES string of the molecule is CCCc1nc(NC)c(C)c(-c2ccccc2C)n1. The van der Waals surface area contributed by atoms with E-state index in [-0.39, 0.29) is 0 Å². The van der Waals surface area contributed by atoms with Crippen molar-refractivity contribution in [3.8, 4) is 11.3 Å². The third kappa shape index (κ3) is 2.75. The Morgan fingerprint density at radius 3 is 2.47 bits per heavy atom. The van der Waals surface area contributed by atoms with Gasteiger partial charge in [0.2, 0.25) is 0 Å². The van der Waals surface area contributed by atoms with Gasteiger partial charge in [-0.3, -0.25) is 0 Å². The fourth-order valence-electron chi connectivity index (χ4n) is 2.24. The highest BCUT2D eigenvalue weighted by Crippen LogP contribution is 2.28. The van der Waals surface area contributed by atoms with Gasteiger partial charge in [-0.25, -0.2) is 9.97 Å². The Morgan fingerprint density at radius 1 is 1.11 bits per heavy atom. The van der Waals surface area contributed by atoms with Crippen LogP contribution in [0.25, 0.3) is 11.3 Å². The lowest BCUT2D eigenvalue weighted by atomic mass is 10.0. The Labute approximate surface area is 115 Å². The van der Waals surface area contributed by atoms with Crippen molar-refractivity contribution < 1.29 is 0 Å². The van der Waals surface area contributed by atoms with Gasteiger partial charge in [0, 0.05) is 24.6 Å². The maximum atomic E-state index is 4.75. The summed E-state index contributed by atoms with van der Waals surface area (Å²) in [4.78, 5) is 9.32. The Morgan fingerprint density at radius 2 is 1.84 bits per heavy atom. The van der Waals surface area contributed by atoms with E-state index >= 15 is 0 Å². The molecule has 0 saturated carbocycles. The third-order valence-electron chi connectivity index (χ3n) is 3.30. The standard InChI is InChI=1S/C16H21N3/c1-5-8-14-18-15(12(3)16(17-4)19-14)13-10-7-6-9-11(13)2/h6-7,9-10H,5,8H2,1-4H3,(H,17,18,19). The number of aryl methyl sites for hydroxylation is 2. The van der Waals surface area contributed by atoms with Gasteiger partial charge in [-0.05, 0) is 25.8 Å². The number of hydrogen-bond donors (Lipinski definition) is 1. The minimum Gasteiger partial charge on any atom is -0.373 e. The van der Waals surface area contributed by atoms with Crippen molar-refractivity contribution >= 4 is 5.82 Å². The molecule has 0 aliphatic heterocycles. The Hall–Kier alpha value is -1.90. The first-order chi connectivity index (χ1) is 9.17. The molecule has 1 N–H and O–H groups in total. The van der Waals surface area contributed by atoms with Crippen molar-refractivity contribution in [3.05, 3.63) is 41.2 Å². The van der Waals surface area contributed by atoms with Crippen molar-refractivity contribution in [1.29, 1.82) is 0 Å². The van der Waals surface area contributed by atoms with E-state index in [9.17, 15) is 0 Å². The van der Waals surface area contributed by atoms with Gasteiger partial charge in [-0.2, -0.15) is 0 Å². The third-order valence-corrected chi connectivity index (χ3v) is 3.30. The number of rotatable bonds is 4. The van der Waals surface area contributed by atoms with Gasteiger partial charge in [0.05, 0.1) is 5.69 Å². The summed E-state index contributed by atoms with van der Waals surface area (Å²) in [6, 6.07) is 8.36. The topological polar surface area (TPSA) is 37.8 Å². The minimum atomic E-state index is 0.911. The first-order valence-electron chi connectivity index (χ1n) is 6.78. The number of nitrogens with one attached hydrogen (secondary N) is 1. The zero-order valence-corrected chi connectivity index (χ0v) is 12.1. The van der Waals surface area contributed by atoms with Crippen LogP contribution in [0, 0.1) is 13.8 Å². The number of aromatic nitrogens is 2. The minimum absolute atomic E-state index is 0.911. The Bertz CT molecular complexity index is 576. The second-order valence-electron chi connectivity index (χ2n) is 4.78. The predicted molar refractivity (Wildman–Crippen MR) is 80.5 cm³/mol. The molecule has 0 bridgehead atoms. The monoisotopic (exact) mass is 255 g/mol. The first-order valence-corrected chi connectivity index (χ1v) is 6.78. The van der Waals surface area contributed by atoms with Crippen LogP contribution in [0.4, 0.5) is 5.82 Å². The summed E-state index contributed by atoms with van der Waals surface area (Å²) in [7, 11) is 1.91. The van der Waals surface area contributed by atoms with Crippen LogP contribution >= 0.6 is 0 Å². The van der Waals surface area contributed by atoms with Gasteiger partial charge in [0.15, 0.2) is 0 Å². The van der Waals surface area contributed by atoms with E-state index in [1.54, 1.807) is 0 Å². The highest BCUT2D eigenvalue weighted by Gasteiger charge is 2.12. The summed E-state index contributed by atoms with van der Waals surface area (Å²) < 4.78 is 0. The maximum Gasteiger partial charge on any atom is 0.132 e. The lowest BCUT2D eigenvalue weighted by Crippen LogP contribution is -2.05. The summed E-state index contributed by atoms with van der Waals surface area (Å²) in [6.07, 6.45) is 1.97. The molecular formula is C16H21N3. The molecule has 2 rings (SSSR count). The molecule has 0 amide bonds. The average molecular weight is 255 g/mol. The fourth-order valence-corrected chi connectivity index (χ4v) is 2.24. The molecule has 1 heterocycles. The lowest BCUT2D eigenvalue weighted by molar-refractivity contribution is 0.834. The van der Waals surface area contributed by atoms with E-state index in [1.165, 1.54) is 11.1 Å². The van der Waals surface area contributed by atoms with Gasteiger partial charge >= 0.3 is 0 Å². The first kappa shape index (κ1) is 13.5. The van der Waals surface area contributed by atoms with E-state index < -0.39 is 0 Å². The van der Waals surface area contributed by atoms with Gasteiger partial charge in [0.25, 0.3) is 0 Å². The summed E-state index contributed by atoms with van der Waals surface area (Å²) in [5.41, 5.74) is 4.59. The van der Waals surface area contributed by atoms with Crippen molar-refractivity contribution in [1.82, 2.24) is 9.97 Å². The molecule has 0 aliphatic rings.